The molecule has 23 heavy (non-hydrogen) atoms. The van der Waals surface area contributed by atoms with Gasteiger partial charge in [-0.3, -0.25) is 9.78 Å². The van der Waals surface area contributed by atoms with Crippen LogP contribution in [0.15, 0.2) is 48.5 Å². The number of aliphatic hydroxyl groups is 1. The average Bonchev–Trinajstić information content (AvgIpc) is 2.60. The van der Waals surface area contributed by atoms with Crippen molar-refractivity contribution in [3.05, 3.63) is 72.0 Å². The van der Waals surface area contributed by atoms with Gasteiger partial charge in [0.25, 0.3) is 0 Å². The van der Waals surface area contributed by atoms with Gasteiger partial charge in [0.15, 0.2) is 6.29 Å². The Morgan fingerprint density at radius 1 is 1.09 bits per heavy atom. The van der Waals surface area contributed by atoms with Gasteiger partial charge in [-0.2, -0.15) is 6.07 Å². The number of hydrogen-bond donors (Lipinski definition) is 1. The second kappa shape index (κ2) is 8.31. The number of pyridine rings is 1. The summed E-state index contributed by atoms with van der Waals surface area (Å²) in [6.45, 7) is 3.06. The van der Waals surface area contributed by atoms with Crippen LogP contribution in [0.2, 0.25) is 0 Å². The third-order valence-electron chi connectivity index (χ3n) is 3.80. The summed E-state index contributed by atoms with van der Waals surface area (Å²) in [5, 5.41) is 9.95. The minimum atomic E-state index is 0. The molecule has 0 unspecified atom stereocenters. The number of hydrogen-bond acceptors (Lipinski definition) is 3. The van der Waals surface area contributed by atoms with Crippen molar-refractivity contribution in [3.8, 4) is 11.1 Å². The van der Waals surface area contributed by atoms with E-state index in [0.717, 1.165) is 35.8 Å². The largest absolute Gasteiger partial charge is 1.00 e. The Kier molecular flexibility index (Phi) is 6.68. The van der Waals surface area contributed by atoms with E-state index < -0.39 is 0 Å². The average molecular weight is 376 g/mol. The van der Waals surface area contributed by atoms with Crippen molar-refractivity contribution in [1.82, 2.24) is 4.98 Å². The maximum absolute atomic E-state index is 11.4. The molecule has 1 heterocycles. The minimum Gasteiger partial charge on any atom is -0.456 e. The Morgan fingerprint density at radius 2 is 1.83 bits per heavy atom. The second-order valence-corrected chi connectivity index (χ2v) is 5.17. The summed E-state index contributed by atoms with van der Waals surface area (Å²) in [5.74, 6) is 0. The molecular weight excluding hydrogens is 360 g/mol. The van der Waals surface area contributed by atoms with Gasteiger partial charge in [-0.05, 0) is 40.6 Å². The molecule has 0 saturated heterocycles. The number of fused-ring (bicyclic) bond motifs is 1. The van der Waals surface area contributed by atoms with Gasteiger partial charge in [0, 0.05) is 5.56 Å². The van der Waals surface area contributed by atoms with Crippen LogP contribution in [0.3, 0.4) is 0 Å². The fourth-order valence-corrected chi connectivity index (χ4v) is 2.54. The monoisotopic (exact) mass is 375 g/mol. The normalized spacial score (nSPS) is 10.2. The maximum Gasteiger partial charge on any atom is 1.00 e. The standard InChI is InChI=1S/C19H16NO2.Rb/c1-2-13-3-5-14(6-4-13)16-9-15-7-8-18(12-22)20-19(15)17(10-16)11-21;/h3-12,22H,2H2,1H3;/q-1;+1. The number of aromatic nitrogens is 1. The topological polar surface area (TPSA) is 50.2 Å². The van der Waals surface area contributed by atoms with Crippen LogP contribution < -0.4 is 58.2 Å². The van der Waals surface area contributed by atoms with Gasteiger partial charge in [-0.25, -0.2) is 0 Å². The van der Waals surface area contributed by atoms with Crippen molar-refractivity contribution in [2.45, 2.75) is 13.3 Å². The Bertz CT molecular complexity index is 829. The molecule has 0 saturated carbocycles. The Labute approximate surface area is 184 Å². The Morgan fingerprint density at radius 3 is 2.43 bits per heavy atom. The minimum absolute atomic E-state index is 0. The van der Waals surface area contributed by atoms with E-state index in [1.807, 2.05) is 18.2 Å². The number of aldehydes is 1. The zero-order valence-corrected chi connectivity index (χ0v) is 18.2. The number of aliphatic hydroxyl groups excluding tert-OH is 1. The van der Waals surface area contributed by atoms with Gasteiger partial charge in [0.2, 0.25) is 0 Å². The van der Waals surface area contributed by atoms with Gasteiger partial charge in [0.1, 0.15) is 0 Å². The van der Waals surface area contributed by atoms with Gasteiger partial charge in [-0.15, -0.1) is 6.07 Å². The van der Waals surface area contributed by atoms with E-state index in [2.05, 4.69) is 36.2 Å². The Balaban J connectivity index is 0.00000192. The zero-order chi connectivity index (χ0) is 15.5. The van der Waals surface area contributed by atoms with Crippen LogP contribution in [0, 0.1) is 6.61 Å². The van der Waals surface area contributed by atoms with Crippen LogP contribution in [-0.2, 0) is 6.42 Å². The third kappa shape index (κ3) is 3.98. The molecule has 0 aliphatic rings. The van der Waals surface area contributed by atoms with Gasteiger partial charge < -0.3 is 5.11 Å². The van der Waals surface area contributed by atoms with E-state index in [-0.39, 0.29) is 58.2 Å². The van der Waals surface area contributed by atoms with Gasteiger partial charge in [0.05, 0.1) is 5.52 Å². The smallest absolute Gasteiger partial charge is 0.456 e. The molecule has 0 atom stereocenters. The van der Waals surface area contributed by atoms with Crippen molar-refractivity contribution in [1.29, 1.82) is 0 Å². The Hall–Kier alpha value is -0.845. The van der Waals surface area contributed by atoms with Crippen molar-refractivity contribution in [3.63, 3.8) is 0 Å². The molecule has 3 rings (SSSR count). The number of carbonyl (C=O) groups excluding carboxylic acids is 1. The molecule has 110 valence electrons. The molecule has 0 fully saturated rings. The molecule has 0 radical (unpaired) electrons. The number of benzene rings is 2. The second-order valence-electron chi connectivity index (χ2n) is 5.17. The number of carbonyl (C=O) groups is 1. The molecule has 2 aromatic carbocycles. The summed E-state index contributed by atoms with van der Waals surface area (Å²) in [5.41, 5.74) is 4.91. The quantitative estimate of drug-likeness (QED) is 0.550. The summed E-state index contributed by atoms with van der Waals surface area (Å²) >= 11 is 0. The number of aryl methyl sites for hydroxylation is 1. The van der Waals surface area contributed by atoms with Crippen LogP contribution in [0.25, 0.3) is 22.0 Å². The molecule has 0 amide bonds. The first kappa shape index (κ1) is 18.5. The first-order valence-electron chi connectivity index (χ1n) is 7.22. The summed E-state index contributed by atoms with van der Waals surface area (Å²) in [4.78, 5) is 15.7. The number of nitrogens with zero attached hydrogens (tertiary/aromatic N) is 1. The van der Waals surface area contributed by atoms with Gasteiger partial charge in [-0.1, -0.05) is 43.5 Å². The first-order valence-corrected chi connectivity index (χ1v) is 7.22. The first-order chi connectivity index (χ1) is 10.7. The van der Waals surface area contributed by atoms with Crippen LogP contribution in [0.1, 0.15) is 28.5 Å². The van der Waals surface area contributed by atoms with Crippen LogP contribution in [0.5, 0.6) is 0 Å². The number of rotatable bonds is 4. The van der Waals surface area contributed by atoms with Crippen molar-refractivity contribution in [2.75, 3.05) is 0 Å². The molecule has 1 aromatic heterocycles. The van der Waals surface area contributed by atoms with Crippen molar-refractivity contribution in [2.24, 2.45) is 0 Å². The van der Waals surface area contributed by atoms with E-state index in [1.165, 1.54) is 5.56 Å². The molecule has 0 spiro atoms. The summed E-state index contributed by atoms with van der Waals surface area (Å²) in [6, 6.07) is 15.8. The predicted octanol–water partition coefficient (Wildman–Crippen LogP) is 1.16. The third-order valence-corrected chi connectivity index (χ3v) is 3.80. The molecule has 0 aliphatic heterocycles. The van der Waals surface area contributed by atoms with E-state index in [4.69, 9.17) is 5.11 Å². The van der Waals surface area contributed by atoms with Crippen molar-refractivity contribution >= 4 is 17.2 Å². The molecular formula is C19H16NO2Rb. The zero-order valence-electron chi connectivity index (χ0n) is 13.3. The molecule has 3 nitrogen and oxygen atoms in total. The molecule has 4 heteroatoms. The van der Waals surface area contributed by atoms with Crippen molar-refractivity contribution < 1.29 is 68.1 Å². The predicted molar refractivity (Wildman–Crippen MR) is 87.3 cm³/mol. The SMILES string of the molecule is CCc1ccc(-c2cc(C=O)c3nc([CH-]O)ccc3c2)cc1.[Rb+]. The van der Waals surface area contributed by atoms with Crippen LogP contribution >= 0.6 is 0 Å². The van der Waals surface area contributed by atoms with Crippen LogP contribution in [0.4, 0.5) is 0 Å². The van der Waals surface area contributed by atoms with Gasteiger partial charge >= 0.3 is 58.2 Å². The fourth-order valence-electron chi connectivity index (χ4n) is 2.54. The van der Waals surface area contributed by atoms with E-state index in [9.17, 15) is 4.79 Å². The summed E-state index contributed by atoms with van der Waals surface area (Å²) in [6.07, 6.45) is 1.81. The summed E-state index contributed by atoms with van der Waals surface area (Å²) < 4.78 is 0. The van der Waals surface area contributed by atoms with E-state index in [1.54, 1.807) is 6.07 Å². The summed E-state index contributed by atoms with van der Waals surface area (Å²) in [7, 11) is 0. The molecule has 0 bridgehead atoms. The molecule has 0 aliphatic carbocycles. The van der Waals surface area contributed by atoms with Crippen LogP contribution in [-0.4, -0.2) is 16.4 Å². The molecule has 3 aromatic rings. The van der Waals surface area contributed by atoms with E-state index >= 15 is 0 Å². The van der Waals surface area contributed by atoms with E-state index in [0.29, 0.717) is 16.8 Å². The molecule has 1 N–H and O–H groups in total. The fraction of sp³-hybridized carbons (Fsp3) is 0.105. The maximum atomic E-state index is 11.4.